The summed E-state index contributed by atoms with van der Waals surface area (Å²) >= 11 is 5.61. The molecule has 0 fully saturated rings. The average molecular weight is 681 g/mol. The van der Waals surface area contributed by atoms with E-state index >= 15 is 0 Å². The van der Waals surface area contributed by atoms with Gasteiger partial charge in [0, 0.05) is 33.2 Å². The summed E-state index contributed by atoms with van der Waals surface area (Å²) in [5, 5.41) is 5.24. The molecule has 3 heterocycles. The number of halogens is 1. The van der Waals surface area contributed by atoms with E-state index in [1.165, 1.54) is 0 Å². The predicted octanol–water partition coefficient (Wildman–Crippen LogP) is 8.11. The molecule has 0 amide bonds. The summed E-state index contributed by atoms with van der Waals surface area (Å²) in [5.41, 5.74) is 5.17. The van der Waals surface area contributed by atoms with Crippen molar-refractivity contribution in [2.24, 2.45) is 0 Å². The Morgan fingerprint density at radius 2 is 1.60 bits per heavy atom. The highest BCUT2D eigenvalue weighted by atomic mass is 127. The molecule has 0 unspecified atom stereocenters. The monoisotopic (exact) mass is 680 g/mol. The standard InChI is InChI=1S/C29H25IN6O2S2/c1-29(2,3)40-25-10-17-19(11-23(25)38-5)31-13-32-27(17)36-28-16-9-18(30)22(37-4)12-20(16)34-26(35-28)15-6-7-24-21(8-15)33-14-39-24/h6-14H,1-5H3,(H,31,32,34,35,36). The molecule has 0 spiro atoms. The van der Waals surface area contributed by atoms with Crippen molar-refractivity contribution in [3.63, 3.8) is 0 Å². The van der Waals surface area contributed by atoms with E-state index < -0.39 is 0 Å². The van der Waals surface area contributed by atoms with Gasteiger partial charge in [0.25, 0.3) is 0 Å². The van der Waals surface area contributed by atoms with Gasteiger partial charge >= 0.3 is 0 Å². The van der Waals surface area contributed by atoms with Crippen LogP contribution in [0.2, 0.25) is 0 Å². The first-order chi connectivity index (χ1) is 19.2. The number of rotatable bonds is 6. The van der Waals surface area contributed by atoms with E-state index in [9.17, 15) is 0 Å². The Balaban J connectivity index is 1.53. The first kappa shape index (κ1) is 26.9. The van der Waals surface area contributed by atoms with Gasteiger partial charge in [0.2, 0.25) is 0 Å². The van der Waals surface area contributed by atoms with Crippen molar-refractivity contribution in [1.82, 2.24) is 24.9 Å². The van der Waals surface area contributed by atoms with Crippen molar-refractivity contribution >= 4 is 89.3 Å². The molecule has 11 heteroatoms. The number of hydrogen-bond donors (Lipinski definition) is 1. The lowest BCUT2D eigenvalue weighted by atomic mass is 10.1. The van der Waals surface area contributed by atoms with Gasteiger partial charge in [0.1, 0.15) is 29.5 Å². The quantitative estimate of drug-likeness (QED) is 0.138. The van der Waals surface area contributed by atoms with Gasteiger partial charge in [-0.3, -0.25) is 0 Å². The molecule has 3 aromatic carbocycles. The Kier molecular flexibility index (Phi) is 7.13. The molecule has 6 aromatic rings. The molecular formula is C29H25IN6O2S2. The van der Waals surface area contributed by atoms with E-state index in [-0.39, 0.29) is 4.75 Å². The molecule has 0 aliphatic heterocycles. The Morgan fingerprint density at radius 3 is 2.38 bits per heavy atom. The fraction of sp³-hybridized carbons (Fsp3) is 0.207. The number of aromatic nitrogens is 5. The number of nitrogens with zero attached hydrogens (tertiary/aromatic N) is 5. The van der Waals surface area contributed by atoms with Crippen molar-refractivity contribution in [3.8, 4) is 22.9 Å². The zero-order valence-electron chi connectivity index (χ0n) is 22.4. The molecule has 0 atom stereocenters. The molecule has 8 nitrogen and oxygen atoms in total. The normalized spacial score (nSPS) is 11.8. The minimum Gasteiger partial charge on any atom is -0.496 e. The molecule has 6 rings (SSSR count). The van der Waals surface area contributed by atoms with Crippen LogP contribution >= 0.6 is 45.7 Å². The maximum Gasteiger partial charge on any atom is 0.162 e. The number of ether oxygens (including phenoxy) is 2. The van der Waals surface area contributed by atoms with Crippen LogP contribution in [0, 0.1) is 3.57 Å². The van der Waals surface area contributed by atoms with Crippen LogP contribution < -0.4 is 14.8 Å². The van der Waals surface area contributed by atoms with Gasteiger partial charge in [-0.2, -0.15) is 0 Å². The molecule has 0 saturated carbocycles. The molecule has 0 saturated heterocycles. The molecule has 0 aliphatic rings. The Bertz CT molecular complexity index is 1900. The smallest absolute Gasteiger partial charge is 0.162 e. The van der Waals surface area contributed by atoms with Crippen LogP contribution in [-0.2, 0) is 0 Å². The van der Waals surface area contributed by atoms with Gasteiger partial charge in [-0.05, 0) is 52.9 Å². The first-order valence-corrected chi connectivity index (χ1v) is 15.2. The van der Waals surface area contributed by atoms with Crippen LogP contribution in [0.1, 0.15) is 20.8 Å². The molecule has 202 valence electrons. The second-order valence-corrected chi connectivity index (χ2v) is 13.9. The topological polar surface area (TPSA) is 94.9 Å². The minimum absolute atomic E-state index is 0.00387. The highest BCUT2D eigenvalue weighted by Crippen LogP contribution is 2.41. The average Bonchev–Trinajstić information content (AvgIpc) is 3.40. The van der Waals surface area contributed by atoms with Crippen LogP contribution in [0.3, 0.4) is 0 Å². The van der Waals surface area contributed by atoms with Crippen LogP contribution in [0.5, 0.6) is 11.5 Å². The molecule has 0 bridgehead atoms. The third-order valence-electron chi connectivity index (χ3n) is 6.13. The van der Waals surface area contributed by atoms with Crippen LogP contribution in [-0.4, -0.2) is 43.9 Å². The Morgan fingerprint density at radius 1 is 0.825 bits per heavy atom. The van der Waals surface area contributed by atoms with Crippen LogP contribution in [0.25, 0.3) is 43.4 Å². The van der Waals surface area contributed by atoms with Gasteiger partial charge in [-0.1, -0.05) is 20.8 Å². The summed E-state index contributed by atoms with van der Waals surface area (Å²) in [6.45, 7) is 6.53. The maximum atomic E-state index is 5.70. The van der Waals surface area contributed by atoms with E-state index in [1.807, 2.05) is 35.8 Å². The molecule has 40 heavy (non-hydrogen) atoms. The van der Waals surface area contributed by atoms with Crippen LogP contribution in [0.4, 0.5) is 11.6 Å². The van der Waals surface area contributed by atoms with Crippen LogP contribution in [0.15, 0.2) is 59.2 Å². The lowest BCUT2D eigenvalue weighted by Gasteiger charge is -2.20. The fourth-order valence-corrected chi connectivity index (χ4v) is 6.78. The highest BCUT2D eigenvalue weighted by Gasteiger charge is 2.19. The zero-order chi connectivity index (χ0) is 28.0. The number of hydrogen-bond acceptors (Lipinski definition) is 10. The van der Waals surface area contributed by atoms with Crippen molar-refractivity contribution in [3.05, 3.63) is 57.9 Å². The van der Waals surface area contributed by atoms with Gasteiger partial charge in [0.15, 0.2) is 5.82 Å². The van der Waals surface area contributed by atoms with E-state index in [4.69, 9.17) is 19.4 Å². The SMILES string of the molecule is COc1cc2nc(-c3ccc4scnc4c3)nc(Nc3ncnc4cc(OC)c(SC(C)(C)C)cc34)c2cc1I. The first-order valence-electron chi connectivity index (χ1n) is 12.4. The number of anilines is 2. The maximum absolute atomic E-state index is 5.70. The fourth-order valence-electron chi connectivity index (χ4n) is 4.35. The number of fused-ring (bicyclic) bond motifs is 3. The molecule has 3 aromatic heterocycles. The van der Waals surface area contributed by atoms with Gasteiger partial charge in [0.05, 0.1) is 49.4 Å². The zero-order valence-corrected chi connectivity index (χ0v) is 26.2. The van der Waals surface area contributed by atoms with Crippen molar-refractivity contribution in [2.75, 3.05) is 19.5 Å². The summed E-state index contributed by atoms with van der Waals surface area (Å²) in [4.78, 5) is 24.6. The van der Waals surface area contributed by atoms with Crippen molar-refractivity contribution in [1.29, 1.82) is 0 Å². The summed E-state index contributed by atoms with van der Waals surface area (Å²) in [6, 6.07) is 14.1. The third kappa shape index (κ3) is 5.25. The highest BCUT2D eigenvalue weighted by molar-refractivity contribution is 14.1. The predicted molar refractivity (Wildman–Crippen MR) is 172 cm³/mol. The van der Waals surface area contributed by atoms with E-state index in [0.29, 0.717) is 17.5 Å². The summed E-state index contributed by atoms with van der Waals surface area (Å²) in [7, 11) is 3.34. The van der Waals surface area contributed by atoms with Gasteiger partial charge in [-0.25, -0.2) is 24.9 Å². The lowest BCUT2D eigenvalue weighted by molar-refractivity contribution is 0.405. The second kappa shape index (κ2) is 10.6. The Labute approximate surface area is 253 Å². The number of thioether (sulfide) groups is 1. The number of thiazole rings is 1. The Hall–Kier alpha value is -3.29. The second-order valence-electron chi connectivity index (χ2n) is 10.0. The lowest BCUT2D eigenvalue weighted by Crippen LogP contribution is -2.07. The molecular weight excluding hydrogens is 655 g/mol. The number of methoxy groups -OCH3 is 2. The number of benzene rings is 3. The van der Waals surface area contributed by atoms with E-state index in [0.717, 1.165) is 57.6 Å². The minimum atomic E-state index is -0.00387. The molecule has 1 N–H and O–H groups in total. The van der Waals surface area contributed by atoms with E-state index in [2.05, 4.69) is 75.8 Å². The summed E-state index contributed by atoms with van der Waals surface area (Å²) in [5.74, 6) is 3.40. The van der Waals surface area contributed by atoms with Gasteiger partial charge in [-0.15, -0.1) is 23.1 Å². The largest absolute Gasteiger partial charge is 0.496 e. The van der Waals surface area contributed by atoms with E-state index in [1.54, 1.807) is 43.6 Å². The third-order valence-corrected chi connectivity index (χ3v) is 8.94. The number of nitrogens with one attached hydrogen (secondary N) is 1. The molecule has 0 radical (unpaired) electrons. The molecule has 0 aliphatic carbocycles. The summed E-state index contributed by atoms with van der Waals surface area (Å²) in [6.07, 6.45) is 1.55. The van der Waals surface area contributed by atoms with Crippen molar-refractivity contribution in [2.45, 2.75) is 30.4 Å². The van der Waals surface area contributed by atoms with Gasteiger partial charge < -0.3 is 14.8 Å². The summed E-state index contributed by atoms with van der Waals surface area (Å²) < 4.78 is 13.4. The van der Waals surface area contributed by atoms with Crippen molar-refractivity contribution < 1.29 is 9.47 Å².